The summed E-state index contributed by atoms with van der Waals surface area (Å²) in [6.07, 6.45) is -1.31. The maximum Gasteiger partial charge on any atom is 0.517 e. The van der Waals surface area contributed by atoms with Gasteiger partial charge in [-0.3, -0.25) is 0 Å². The maximum absolute atomic E-state index is 11.6. The lowest BCUT2D eigenvalue weighted by atomic mass is 10.4. The molecule has 0 radical (unpaired) electrons. The summed E-state index contributed by atoms with van der Waals surface area (Å²) in [5, 5.41) is 10.0. The zero-order valence-corrected chi connectivity index (χ0v) is 14.2. The molecule has 24 heavy (non-hydrogen) atoms. The van der Waals surface area contributed by atoms with E-state index in [1.54, 1.807) is 12.1 Å². The Morgan fingerprint density at radius 3 is 1.58 bits per heavy atom. The first-order valence-electron chi connectivity index (χ1n) is 7.24. The first kappa shape index (κ1) is 16.4. The number of benzene rings is 3. The molecular formula is C19H15ClO3S. The van der Waals surface area contributed by atoms with Crippen LogP contribution in [0.3, 0.4) is 0 Å². The van der Waals surface area contributed by atoms with Gasteiger partial charge in [-0.25, -0.2) is 4.79 Å². The second-order valence-corrected chi connectivity index (χ2v) is 8.12. The normalized spacial score (nSPS) is 11.7. The van der Waals surface area contributed by atoms with Crippen LogP contribution in [0.2, 0.25) is 5.02 Å². The molecule has 3 rings (SSSR count). The molecule has 122 valence electrons. The zero-order valence-electron chi connectivity index (χ0n) is 12.6. The van der Waals surface area contributed by atoms with Crippen molar-refractivity contribution >= 4 is 28.1 Å². The molecule has 1 N–H and O–H groups in total. The van der Waals surface area contributed by atoms with Crippen LogP contribution in [0, 0.1) is 0 Å². The van der Waals surface area contributed by atoms with E-state index in [1.807, 2.05) is 72.8 Å². The van der Waals surface area contributed by atoms with E-state index in [0.717, 1.165) is 14.7 Å². The van der Waals surface area contributed by atoms with Crippen molar-refractivity contribution < 1.29 is 14.1 Å². The molecule has 0 aliphatic rings. The molecule has 3 aromatic carbocycles. The average Bonchev–Trinajstić information content (AvgIpc) is 2.62. The number of hydrogen-bond acceptors (Lipinski definition) is 2. The Balaban J connectivity index is 2.32. The van der Waals surface area contributed by atoms with Crippen LogP contribution in [0.25, 0.3) is 0 Å². The molecule has 0 bridgehead atoms. The smallest absolute Gasteiger partial charge is 0.449 e. The minimum absolute atomic E-state index is 0.587. The number of carbonyl (C=O) groups is 1. The van der Waals surface area contributed by atoms with Crippen molar-refractivity contribution in [1.29, 1.82) is 0 Å². The zero-order chi connectivity index (χ0) is 17.0. The summed E-state index contributed by atoms with van der Waals surface area (Å²) < 4.78 is 5.59. The van der Waals surface area contributed by atoms with Crippen LogP contribution in [-0.2, 0) is 4.18 Å². The van der Waals surface area contributed by atoms with Gasteiger partial charge in [0.15, 0.2) is 0 Å². The fourth-order valence-corrected chi connectivity index (χ4v) is 5.56. The van der Waals surface area contributed by atoms with Gasteiger partial charge in [0.1, 0.15) is 0 Å². The van der Waals surface area contributed by atoms with E-state index in [-0.39, 0.29) is 0 Å². The van der Waals surface area contributed by atoms with E-state index >= 15 is 0 Å². The maximum atomic E-state index is 11.6. The molecule has 0 heterocycles. The van der Waals surface area contributed by atoms with E-state index in [2.05, 4.69) is 0 Å². The molecule has 0 amide bonds. The van der Waals surface area contributed by atoms with Gasteiger partial charge in [0.05, 0.1) is 0 Å². The van der Waals surface area contributed by atoms with E-state index in [1.165, 1.54) is 0 Å². The quantitative estimate of drug-likeness (QED) is 0.601. The lowest BCUT2D eigenvalue weighted by molar-refractivity contribution is 0.150. The molecule has 3 nitrogen and oxygen atoms in total. The number of carboxylic acid groups (broad SMARTS) is 1. The Morgan fingerprint density at radius 2 is 1.17 bits per heavy atom. The molecule has 0 saturated heterocycles. The second kappa shape index (κ2) is 6.99. The third-order valence-electron chi connectivity index (χ3n) is 3.49. The topological polar surface area (TPSA) is 46.5 Å². The van der Waals surface area contributed by atoms with Crippen molar-refractivity contribution in [3.05, 3.63) is 90.0 Å². The van der Waals surface area contributed by atoms with Crippen LogP contribution in [0.15, 0.2) is 99.6 Å². The van der Waals surface area contributed by atoms with Crippen LogP contribution in [0.5, 0.6) is 0 Å². The summed E-state index contributed by atoms with van der Waals surface area (Å²) in [7, 11) is -2.41. The van der Waals surface area contributed by atoms with Gasteiger partial charge >= 0.3 is 6.16 Å². The van der Waals surface area contributed by atoms with Crippen molar-refractivity contribution in [1.82, 2.24) is 0 Å². The van der Waals surface area contributed by atoms with Crippen molar-refractivity contribution in [2.24, 2.45) is 0 Å². The van der Waals surface area contributed by atoms with Crippen LogP contribution < -0.4 is 0 Å². The molecule has 0 saturated carbocycles. The third kappa shape index (κ3) is 3.11. The predicted molar refractivity (Wildman–Crippen MR) is 95.8 cm³/mol. The minimum atomic E-state index is -2.41. The van der Waals surface area contributed by atoms with Gasteiger partial charge in [-0.1, -0.05) is 48.0 Å². The van der Waals surface area contributed by atoms with Crippen molar-refractivity contribution in [2.75, 3.05) is 0 Å². The predicted octanol–water partition coefficient (Wildman–Crippen LogP) is 6.23. The highest BCUT2D eigenvalue weighted by molar-refractivity contribution is 8.30. The van der Waals surface area contributed by atoms with Gasteiger partial charge in [0, 0.05) is 19.7 Å². The lowest BCUT2D eigenvalue weighted by Crippen LogP contribution is -2.11. The summed E-state index contributed by atoms with van der Waals surface area (Å²) in [5.74, 6) is 0. The standard InChI is InChI=1S/C19H15ClO3S/c20-15-11-13-18(14-12-15)24(23-19(21)22,16-7-3-1-4-8-16)17-9-5-2-6-10-17/h1-14H,(H,21,22). The first-order valence-corrected chi connectivity index (χ1v) is 9.18. The summed E-state index contributed by atoms with van der Waals surface area (Å²) in [6, 6.07) is 26.0. The van der Waals surface area contributed by atoms with Gasteiger partial charge in [-0.15, -0.1) is 0 Å². The molecule has 5 heteroatoms. The fraction of sp³-hybridized carbons (Fsp3) is 0. The highest BCUT2D eigenvalue weighted by Gasteiger charge is 2.35. The summed E-state index contributed by atoms with van der Waals surface area (Å²) in [4.78, 5) is 14.0. The van der Waals surface area contributed by atoms with Gasteiger partial charge in [-0.05, 0) is 58.8 Å². The molecule has 0 unspecified atom stereocenters. The van der Waals surface area contributed by atoms with Gasteiger partial charge in [0.25, 0.3) is 0 Å². The van der Waals surface area contributed by atoms with Crippen LogP contribution >= 0.6 is 21.9 Å². The minimum Gasteiger partial charge on any atom is -0.449 e. The van der Waals surface area contributed by atoms with E-state index in [0.29, 0.717) is 5.02 Å². The Kier molecular flexibility index (Phi) is 4.79. The van der Waals surface area contributed by atoms with Crippen molar-refractivity contribution in [2.45, 2.75) is 14.7 Å². The van der Waals surface area contributed by atoms with E-state index < -0.39 is 16.5 Å². The molecule has 0 atom stereocenters. The molecule has 0 aliphatic heterocycles. The molecule has 0 aliphatic carbocycles. The lowest BCUT2D eigenvalue weighted by Gasteiger charge is -2.38. The molecule has 0 fully saturated rings. The molecule has 3 aromatic rings. The Morgan fingerprint density at radius 1 is 0.750 bits per heavy atom. The van der Waals surface area contributed by atoms with Gasteiger partial charge in [-0.2, -0.15) is 0 Å². The number of rotatable bonds is 4. The number of halogens is 1. The van der Waals surface area contributed by atoms with Gasteiger partial charge in [0.2, 0.25) is 0 Å². The third-order valence-corrected chi connectivity index (χ3v) is 6.94. The SMILES string of the molecule is O=C(O)OS(c1ccccc1)(c1ccccc1)c1ccc(Cl)cc1. The Labute approximate surface area is 147 Å². The van der Waals surface area contributed by atoms with Crippen molar-refractivity contribution in [3.63, 3.8) is 0 Å². The number of hydrogen-bond donors (Lipinski definition) is 1. The summed E-state index contributed by atoms with van der Waals surface area (Å²) in [6.45, 7) is 0. The molecular weight excluding hydrogens is 344 g/mol. The Bertz CT molecular complexity index is 781. The summed E-state index contributed by atoms with van der Waals surface area (Å²) in [5.41, 5.74) is 0. The van der Waals surface area contributed by atoms with Crippen molar-refractivity contribution in [3.8, 4) is 0 Å². The monoisotopic (exact) mass is 358 g/mol. The van der Waals surface area contributed by atoms with E-state index in [4.69, 9.17) is 15.8 Å². The molecule has 0 aromatic heterocycles. The van der Waals surface area contributed by atoms with E-state index in [9.17, 15) is 9.90 Å². The van der Waals surface area contributed by atoms with Crippen LogP contribution in [-0.4, -0.2) is 11.3 Å². The highest BCUT2D eigenvalue weighted by Crippen LogP contribution is 2.69. The van der Waals surface area contributed by atoms with Gasteiger partial charge < -0.3 is 9.29 Å². The van der Waals surface area contributed by atoms with Crippen LogP contribution in [0.4, 0.5) is 4.79 Å². The Hall–Kier alpha value is -2.43. The summed E-state index contributed by atoms with van der Waals surface area (Å²) >= 11 is 6.01. The molecule has 0 spiro atoms. The average molecular weight is 359 g/mol. The fourth-order valence-electron chi connectivity index (χ4n) is 2.51. The van der Waals surface area contributed by atoms with Crippen LogP contribution in [0.1, 0.15) is 0 Å². The largest absolute Gasteiger partial charge is 0.517 e. The second-order valence-electron chi connectivity index (χ2n) is 4.99. The highest BCUT2D eigenvalue weighted by atomic mass is 35.5. The first-order chi connectivity index (χ1) is 11.6.